The van der Waals surface area contributed by atoms with Gasteiger partial charge in [0.05, 0.1) is 12.6 Å². The molecule has 6 nitrogen and oxygen atoms in total. The molecule has 2 N–H and O–H groups in total. The van der Waals surface area contributed by atoms with Crippen LogP contribution in [0.2, 0.25) is 0 Å². The van der Waals surface area contributed by atoms with Crippen LogP contribution in [-0.4, -0.2) is 60.8 Å². The van der Waals surface area contributed by atoms with Crippen LogP contribution in [0.3, 0.4) is 0 Å². The van der Waals surface area contributed by atoms with E-state index in [9.17, 15) is 4.79 Å². The van der Waals surface area contributed by atoms with Crippen LogP contribution in [0.15, 0.2) is 18.2 Å². The van der Waals surface area contributed by atoms with Gasteiger partial charge in [0.15, 0.2) is 11.5 Å². The van der Waals surface area contributed by atoms with Crippen molar-refractivity contribution < 1.29 is 14.3 Å². The highest BCUT2D eigenvalue weighted by Crippen LogP contribution is 2.47. The van der Waals surface area contributed by atoms with Crippen molar-refractivity contribution in [3.8, 4) is 11.5 Å². The summed E-state index contributed by atoms with van der Waals surface area (Å²) >= 11 is 0. The predicted molar refractivity (Wildman–Crippen MR) is 87.9 cm³/mol. The highest BCUT2D eigenvalue weighted by Gasteiger charge is 2.54. The third-order valence-corrected chi connectivity index (χ3v) is 6.31. The van der Waals surface area contributed by atoms with Gasteiger partial charge in [-0.25, -0.2) is 0 Å². The fourth-order valence-corrected chi connectivity index (χ4v) is 5.26. The first-order valence-electron chi connectivity index (χ1n) is 8.89. The fourth-order valence-electron chi connectivity index (χ4n) is 5.26. The number of nitrogens with two attached hydrogens (primary N) is 1. The molecule has 5 aliphatic heterocycles. The van der Waals surface area contributed by atoms with Crippen molar-refractivity contribution in [1.29, 1.82) is 0 Å². The van der Waals surface area contributed by atoms with E-state index in [1.54, 1.807) is 0 Å². The lowest BCUT2D eigenvalue weighted by atomic mass is 9.75. The lowest BCUT2D eigenvalue weighted by Gasteiger charge is -2.51. The first-order chi connectivity index (χ1) is 11.8. The summed E-state index contributed by atoms with van der Waals surface area (Å²) in [5.74, 6) is 2.66. The second-order valence-electron chi connectivity index (χ2n) is 7.32. The molecule has 2 bridgehead atoms. The highest BCUT2D eigenvalue weighted by atomic mass is 16.7. The number of benzene rings is 1. The standard InChI is InChI=1S/C18H23N3O3/c19-8-16(22)21-9-13(12-1-2-14-15(7-12)24-10-23-14)18-17(21)11-3-5-20(18)6-4-11/h1-2,7,11,13,17-18H,3-6,8-10,19H2/t13-,17+,18+/m1/s1. The zero-order valence-electron chi connectivity index (χ0n) is 13.7. The van der Waals surface area contributed by atoms with Gasteiger partial charge in [0, 0.05) is 18.5 Å². The molecule has 5 heterocycles. The van der Waals surface area contributed by atoms with Gasteiger partial charge in [0.2, 0.25) is 12.7 Å². The Morgan fingerprint density at radius 2 is 1.96 bits per heavy atom. The molecule has 4 fully saturated rings. The van der Waals surface area contributed by atoms with Gasteiger partial charge in [-0.1, -0.05) is 6.07 Å². The number of amides is 1. The molecule has 5 aliphatic rings. The molecule has 0 saturated carbocycles. The van der Waals surface area contributed by atoms with Crippen LogP contribution in [0, 0.1) is 5.92 Å². The number of carbonyl (C=O) groups is 1. The van der Waals surface area contributed by atoms with Crippen molar-refractivity contribution in [2.75, 3.05) is 33.0 Å². The van der Waals surface area contributed by atoms with Crippen LogP contribution in [0.5, 0.6) is 11.5 Å². The predicted octanol–water partition coefficient (Wildman–Crippen LogP) is 0.763. The summed E-state index contributed by atoms with van der Waals surface area (Å²) < 4.78 is 11.0. The third-order valence-electron chi connectivity index (χ3n) is 6.31. The molecule has 1 aromatic carbocycles. The van der Waals surface area contributed by atoms with Gasteiger partial charge in [-0.15, -0.1) is 0 Å². The molecule has 1 aromatic rings. The number of piperidine rings is 3. The molecule has 0 aromatic heterocycles. The first-order valence-corrected chi connectivity index (χ1v) is 8.89. The van der Waals surface area contributed by atoms with Crippen molar-refractivity contribution in [2.45, 2.75) is 30.8 Å². The number of carbonyl (C=O) groups excluding carboxylic acids is 1. The second kappa shape index (κ2) is 5.36. The lowest BCUT2D eigenvalue weighted by Crippen LogP contribution is -2.61. The van der Waals surface area contributed by atoms with E-state index in [1.165, 1.54) is 18.4 Å². The summed E-state index contributed by atoms with van der Waals surface area (Å²) in [5.41, 5.74) is 6.93. The van der Waals surface area contributed by atoms with E-state index in [0.29, 0.717) is 30.7 Å². The van der Waals surface area contributed by atoms with Crippen LogP contribution < -0.4 is 15.2 Å². The molecular weight excluding hydrogens is 306 g/mol. The Morgan fingerprint density at radius 1 is 1.17 bits per heavy atom. The maximum atomic E-state index is 12.4. The molecule has 0 unspecified atom stereocenters. The van der Waals surface area contributed by atoms with Crippen LogP contribution in [-0.2, 0) is 4.79 Å². The molecule has 4 saturated heterocycles. The van der Waals surface area contributed by atoms with Crippen molar-refractivity contribution in [1.82, 2.24) is 9.80 Å². The zero-order chi connectivity index (χ0) is 16.3. The van der Waals surface area contributed by atoms with E-state index in [2.05, 4.69) is 21.9 Å². The van der Waals surface area contributed by atoms with E-state index in [0.717, 1.165) is 31.1 Å². The average molecular weight is 329 g/mol. The van der Waals surface area contributed by atoms with Crippen LogP contribution in [0.1, 0.15) is 24.3 Å². The Labute approximate surface area is 141 Å². The lowest BCUT2D eigenvalue weighted by molar-refractivity contribution is -0.134. The van der Waals surface area contributed by atoms with Gasteiger partial charge in [-0.3, -0.25) is 9.69 Å². The zero-order valence-corrected chi connectivity index (χ0v) is 13.7. The Balaban J connectivity index is 1.52. The molecule has 24 heavy (non-hydrogen) atoms. The number of rotatable bonds is 2. The Morgan fingerprint density at radius 3 is 2.75 bits per heavy atom. The molecule has 1 amide bonds. The topological polar surface area (TPSA) is 68.0 Å². The summed E-state index contributed by atoms with van der Waals surface area (Å²) in [6.45, 7) is 3.46. The van der Waals surface area contributed by atoms with E-state index >= 15 is 0 Å². The third kappa shape index (κ3) is 1.99. The molecule has 6 heteroatoms. The molecular formula is C18H23N3O3. The maximum absolute atomic E-state index is 12.4. The number of fused-ring (bicyclic) bond motifs is 3. The molecule has 128 valence electrons. The SMILES string of the molecule is NCC(=O)N1C[C@H](c2ccc3c(c2)OCO3)[C@H]2[C@@H]1C1CCN2CC1. The van der Waals surface area contributed by atoms with E-state index in [-0.39, 0.29) is 12.5 Å². The smallest absolute Gasteiger partial charge is 0.236 e. The monoisotopic (exact) mass is 329 g/mol. The normalized spacial score (nSPS) is 36.0. The van der Waals surface area contributed by atoms with Gasteiger partial charge >= 0.3 is 0 Å². The van der Waals surface area contributed by atoms with Crippen molar-refractivity contribution >= 4 is 5.91 Å². The van der Waals surface area contributed by atoms with Gasteiger partial charge in [0.25, 0.3) is 0 Å². The summed E-state index contributed by atoms with van der Waals surface area (Å²) in [7, 11) is 0. The number of likely N-dealkylation sites (tertiary alicyclic amines) is 1. The molecule has 6 rings (SSSR count). The minimum Gasteiger partial charge on any atom is -0.454 e. The highest BCUT2D eigenvalue weighted by molar-refractivity contribution is 5.79. The molecule has 0 radical (unpaired) electrons. The van der Waals surface area contributed by atoms with Crippen LogP contribution >= 0.6 is 0 Å². The van der Waals surface area contributed by atoms with Crippen LogP contribution in [0.25, 0.3) is 0 Å². The van der Waals surface area contributed by atoms with Gasteiger partial charge in [-0.05, 0) is 49.5 Å². The largest absolute Gasteiger partial charge is 0.454 e. The Kier molecular flexibility index (Phi) is 3.25. The van der Waals surface area contributed by atoms with Gasteiger partial charge < -0.3 is 20.1 Å². The Hall–Kier alpha value is -1.79. The first kappa shape index (κ1) is 14.5. The van der Waals surface area contributed by atoms with Crippen LogP contribution in [0.4, 0.5) is 0 Å². The van der Waals surface area contributed by atoms with Crippen molar-refractivity contribution in [3.63, 3.8) is 0 Å². The Bertz CT molecular complexity index is 671. The summed E-state index contributed by atoms with van der Waals surface area (Å²) in [6.07, 6.45) is 2.40. The molecule has 3 atom stereocenters. The second-order valence-corrected chi connectivity index (χ2v) is 7.32. The average Bonchev–Trinajstić information content (AvgIpc) is 3.27. The quantitative estimate of drug-likeness (QED) is 0.868. The van der Waals surface area contributed by atoms with E-state index in [1.807, 2.05) is 6.07 Å². The fraction of sp³-hybridized carbons (Fsp3) is 0.611. The number of ether oxygens (including phenoxy) is 2. The van der Waals surface area contributed by atoms with E-state index in [4.69, 9.17) is 15.2 Å². The summed E-state index contributed by atoms with van der Waals surface area (Å²) in [6, 6.07) is 6.96. The number of hydrogen-bond donors (Lipinski definition) is 1. The summed E-state index contributed by atoms with van der Waals surface area (Å²) in [4.78, 5) is 17.1. The van der Waals surface area contributed by atoms with E-state index < -0.39 is 0 Å². The number of hydrogen-bond acceptors (Lipinski definition) is 5. The molecule has 0 aliphatic carbocycles. The minimum atomic E-state index is 0.0852. The summed E-state index contributed by atoms with van der Waals surface area (Å²) in [5, 5.41) is 0. The van der Waals surface area contributed by atoms with Crippen molar-refractivity contribution in [3.05, 3.63) is 23.8 Å². The van der Waals surface area contributed by atoms with Crippen molar-refractivity contribution in [2.24, 2.45) is 11.7 Å². The maximum Gasteiger partial charge on any atom is 0.236 e. The number of nitrogens with zero attached hydrogens (tertiary/aromatic N) is 2. The minimum absolute atomic E-state index is 0.0852. The van der Waals surface area contributed by atoms with Gasteiger partial charge in [0.1, 0.15) is 0 Å². The van der Waals surface area contributed by atoms with Gasteiger partial charge in [-0.2, -0.15) is 0 Å². The molecule has 0 spiro atoms.